The Hall–Kier alpha value is -2.21. The molecule has 2 rings (SSSR count). The van der Waals surface area contributed by atoms with Crippen molar-refractivity contribution in [2.75, 3.05) is 13.2 Å². The van der Waals surface area contributed by atoms with E-state index >= 15 is 0 Å². The van der Waals surface area contributed by atoms with Gasteiger partial charge in [-0.3, -0.25) is 9.59 Å². The summed E-state index contributed by atoms with van der Waals surface area (Å²) in [7, 11) is 0. The Morgan fingerprint density at radius 1 is 1.43 bits per heavy atom. The van der Waals surface area contributed by atoms with Gasteiger partial charge in [0.25, 0.3) is 5.91 Å². The second-order valence-electron chi connectivity index (χ2n) is 4.76. The molecule has 1 atom stereocenters. The molecule has 0 spiro atoms. The molecule has 1 amide bonds. The molecular weight excluding hydrogens is 270 g/mol. The number of rotatable bonds is 4. The lowest BCUT2D eigenvalue weighted by Gasteiger charge is -2.17. The highest BCUT2D eigenvalue weighted by Crippen LogP contribution is 2.15. The second-order valence-corrected chi connectivity index (χ2v) is 4.76. The van der Waals surface area contributed by atoms with E-state index in [0.29, 0.717) is 12.8 Å². The van der Waals surface area contributed by atoms with Crippen LogP contribution in [0.15, 0.2) is 35.4 Å². The molecule has 21 heavy (non-hydrogen) atoms. The number of hydrazone groups is 1. The highest BCUT2D eigenvalue weighted by Gasteiger charge is 2.27. The summed E-state index contributed by atoms with van der Waals surface area (Å²) < 4.78 is 4.87. The summed E-state index contributed by atoms with van der Waals surface area (Å²) in [5.41, 5.74) is 7.52. The van der Waals surface area contributed by atoms with Crippen LogP contribution >= 0.6 is 0 Å². The number of esters is 1. The van der Waals surface area contributed by atoms with Gasteiger partial charge in [-0.25, -0.2) is 5.01 Å². The van der Waals surface area contributed by atoms with Gasteiger partial charge in [-0.15, -0.1) is 0 Å². The largest absolute Gasteiger partial charge is 0.465 e. The summed E-state index contributed by atoms with van der Waals surface area (Å²) in [6.07, 6.45) is 1.10. The predicted octanol–water partition coefficient (Wildman–Crippen LogP) is 0.903. The van der Waals surface area contributed by atoms with Crippen molar-refractivity contribution in [1.29, 1.82) is 0 Å². The van der Waals surface area contributed by atoms with E-state index in [1.807, 2.05) is 30.3 Å². The highest BCUT2D eigenvalue weighted by atomic mass is 16.5. The van der Waals surface area contributed by atoms with Crippen molar-refractivity contribution in [1.82, 2.24) is 5.01 Å². The van der Waals surface area contributed by atoms with E-state index in [-0.39, 0.29) is 19.1 Å². The predicted molar refractivity (Wildman–Crippen MR) is 78.5 cm³/mol. The van der Waals surface area contributed by atoms with Gasteiger partial charge >= 0.3 is 5.97 Å². The van der Waals surface area contributed by atoms with Crippen molar-refractivity contribution >= 4 is 17.6 Å². The Balaban J connectivity index is 2.24. The van der Waals surface area contributed by atoms with E-state index in [4.69, 9.17) is 10.5 Å². The first-order valence-electron chi connectivity index (χ1n) is 6.97. The van der Waals surface area contributed by atoms with Crippen LogP contribution in [0.5, 0.6) is 0 Å². The number of carbonyl (C=O) groups is 2. The Morgan fingerprint density at radius 3 is 2.81 bits per heavy atom. The fourth-order valence-corrected chi connectivity index (χ4v) is 2.13. The number of hydrogen-bond donors (Lipinski definition) is 1. The third kappa shape index (κ3) is 3.88. The van der Waals surface area contributed by atoms with Gasteiger partial charge < -0.3 is 10.5 Å². The van der Waals surface area contributed by atoms with Crippen molar-refractivity contribution in [3.05, 3.63) is 35.9 Å². The number of ether oxygens (including phenoxy) is 1. The number of hydrogen-bond acceptors (Lipinski definition) is 5. The molecule has 0 saturated heterocycles. The van der Waals surface area contributed by atoms with Crippen molar-refractivity contribution in [3.8, 4) is 0 Å². The monoisotopic (exact) mass is 289 g/mol. The lowest BCUT2D eigenvalue weighted by Crippen LogP contribution is -2.42. The van der Waals surface area contributed by atoms with Crippen LogP contribution in [-0.2, 0) is 14.3 Å². The summed E-state index contributed by atoms with van der Waals surface area (Å²) >= 11 is 0. The fourth-order valence-electron chi connectivity index (χ4n) is 2.13. The average molecular weight is 289 g/mol. The molecule has 0 radical (unpaired) electrons. The summed E-state index contributed by atoms with van der Waals surface area (Å²) in [5.74, 6) is -0.843. The van der Waals surface area contributed by atoms with E-state index in [1.165, 1.54) is 0 Å². The minimum Gasteiger partial charge on any atom is -0.465 e. The van der Waals surface area contributed by atoms with Crippen LogP contribution < -0.4 is 5.73 Å². The third-order valence-corrected chi connectivity index (χ3v) is 3.20. The quantitative estimate of drug-likeness (QED) is 0.835. The van der Waals surface area contributed by atoms with Gasteiger partial charge in [0.15, 0.2) is 0 Å². The van der Waals surface area contributed by atoms with Crippen LogP contribution in [0.2, 0.25) is 0 Å². The Kier molecular flexibility index (Phi) is 5.05. The van der Waals surface area contributed by atoms with Gasteiger partial charge in [0, 0.05) is 0 Å². The molecule has 6 nitrogen and oxygen atoms in total. The minimum absolute atomic E-state index is 0.212. The summed E-state index contributed by atoms with van der Waals surface area (Å²) in [4.78, 5) is 23.7. The Labute approximate surface area is 123 Å². The summed E-state index contributed by atoms with van der Waals surface area (Å²) in [6, 6.07) is 8.91. The zero-order valence-electron chi connectivity index (χ0n) is 12.0. The standard InChI is InChI=1S/C15H19N3O3/c1-2-21-14(19)10-18-15(20)12(16)8-9-13(17-18)11-6-4-3-5-7-11/h3-7,12H,2,8-10,16H2,1H3/t12-/m0/s1. The molecule has 2 N–H and O–H groups in total. The SMILES string of the molecule is CCOC(=O)CN1N=C(c2ccccc2)CC[C@H](N)C1=O. The molecule has 0 bridgehead atoms. The van der Waals surface area contributed by atoms with E-state index in [2.05, 4.69) is 5.10 Å². The Bertz CT molecular complexity index is 542. The first-order valence-corrected chi connectivity index (χ1v) is 6.97. The molecule has 1 aliphatic heterocycles. The molecule has 112 valence electrons. The molecule has 1 aromatic rings. The fraction of sp³-hybridized carbons (Fsp3) is 0.400. The minimum atomic E-state index is -0.649. The van der Waals surface area contributed by atoms with Crippen LogP contribution in [0.4, 0.5) is 0 Å². The smallest absolute Gasteiger partial charge is 0.327 e. The lowest BCUT2D eigenvalue weighted by atomic mass is 10.0. The van der Waals surface area contributed by atoms with E-state index < -0.39 is 12.0 Å². The van der Waals surface area contributed by atoms with E-state index in [9.17, 15) is 9.59 Å². The third-order valence-electron chi connectivity index (χ3n) is 3.20. The number of amides is 1. The number of nitrogens with zero attached hydrogens (tertiary/aromatic N) is 2. The summed E-state index contributed by atoms with van der Waals surface area (Å²) in [5, 5.41) is 5.44. The van der Waals surface area contributed by atoms with Gasteiger partial charge in [-0.05, 0) is 25.3 Å². The first kappa shape index (κ1) is 15.2. The first-order chi connectivity index (χ1) is 10.1. The van der Waals surface area contributed by atoms with Gasteiger partial charge in [-0.2, -0.15) is 5.10 Å². The molecular formula is C15H19N3O3. The summed E-state index contributed by atoms with van der Waals surface area (Å²) in [6.45, 7) is 1.77. The van der Waals surface area contributed by atoms with E-state index in [1.54, 1.807) is 6.92 Å². The van der Waals surface area contributed by atoms with Crippen molar-refractivity contribution in [3.63, 3.8) is 0 Å². The van der Waals surface area contributed by atoms with Gasteiger partial charge in [-0.1, -0.05) is 30.3 Å². The molecule has 0 saturated carbocycles. The maximum Gasteiger partial charge on any atom is 0.327 e. The number of carbonyl (C=O) groups excluding carboxylic acids is 2. The Morgan fingerprint density at radius 2 is 2.14 bits per heavy atom. The molecule has 0 unspecified atom stereocenters. The topological polar surface area (TPSA) is 85.0 Å². The van der Waals surface area contributed by atoms with Crippen LogP contribution in [0.1, 0.15) is 25.3 Å². The molecule has 0 aliphatic carbocycles. The van der Waals surface area contributed by atoms with Crippen molar-refractivity contribution in [2.45, 2.75) is 25.8 Å². The van der Waals surface area contributed by atoms with Crippen molar-refractivity contribution in [2.24, 2.45) is 10.8 Å². The molecule has 0 fully saturated rings. The number of nitrogens with two attached hydrogens (primary N) is 1. The number of benzene rings is 1. The highest BCUT2D eigenvalue weighted by molar-refractivity contribution is 6.02. The van der Waals surface area contributed by atoms with Gasteiger partial charge in [0.1, 0.15) is 6.54 Å². The average Bonchev–Trinajstić information content (AvgIpc) is 2.62. The normalized spacial score (nSPS) is 19.0. The van der Waals surface area contributed by atoms with Crippen LogP contribution in [0.3, 0.4) is 0 Å². The van der Waals surface area contributed by atoms with Crippen LogP contribution in [0, 0.1) is 0 Å². The van der Waals surface area contributed by atoms with Crippen molar-refractivity contribution < 1.29 is 14.3 Å². The lowest BCUT2D eigenvalue weighted by molar-refractivity contribution is -0.149. The molecule has 1 aromatic carbocycles. The molecule has 0 aromatic heterocycles. The molecule has 6 heteroatoms. The molecule has 1 aliphatic rings. The van der Waals surface area contributed by atoms with E-state index in [0.717, 1.165) is 16.3 Å². The zero-order chi connectivity index (χ0) is 15.2. The zero-order valence-corrected chi connectivity index (χ0v) is 12.0. The van der Waals surface area contributed by atoms with Gasteiger partial charge in [0.2, 0.25) is 0 Å². The van der Waals surface area contributed by atoms with Crippen LogP contribution in [0.25, 0.3) is 0 Å². The van der Waals surface area contributed by atoms with Gasteiger partial charge in [0.05, 0.1) is 18.4 Å². The maximum atomic E-state index is 12.1. The maximum absolute atomic E-state index is 12.1. The van der Waals surface area contributed by atoms with Crippen LogP contribution in [-0.4, -0.2) is 41.8 Å². The second kappa shape index (κ2) is 6.99. The molecule has 1 heterocycles.